The van der Waals surface area contributed by atoms with Crippen LogP contribution >= 0.6 is 11.6 Å². The molecule has 2 amide bonds. The minimum absolute atomic E-state index is 0.0515. The number of amides is 2. The lowest BCUT2D eigenvalue weighted by molar-refractivity contribution is -0.135. The van der Waals surface area contributed by atoms with Crippen LogP contribution in [-0.4, -0.2) is 47.8 Å². The molecule has 154 valence electrons. The molecule has 0 aliphatic carbocycles. The highest BCUT2D eigenvalue weighted by atomic mass is 35.5. The molecule has 2 aliphatic rings. The van der Waals surface area contributed by atoms with Crippen LogP contribution in [0.3, 0.4) is 0 Å². The van der Waals surface area contributed by atoms with Gasteiger partial charge in [-0.15, -0.1) is 0 Å². The summed E-state index contributed by atoms with van der Waals surface area (Å²) in [5, 5.41) is 0.716. The van der Waals surface area contributed by atoms with Crippen molar-refractivity contribution in [2.75, 3.05) is 26.2 Å². The first-order valence-electron chi connectivity index (χ1n) is 10.4. The van der Waals surface area contributed by atoms with Crippen molar-refractivity contribution in [3.63, 3.8) is 0 Å². The summed E-state index contributed by atoms with van der Waals surface area (Å²) in [5.74, 6) is 1.09. The summed E-state index contributed by atoms with van der Waals surface area (Å²) in [6, 6.07) is 5.95. The van der Waals surface area contributed by atoms with Gasteiger partial charge in [0, 0.05) is 49.6 Å². The van der Waals surface area contributed by atoms with E-state index in [-0.39, 0.29) is 24.3 Å². The summed E-state index contributed by atoms with van der Waals surface area (Å²) < 4.78 is 0. The number of nitrogens with two attached hydrogens (primary N) is 1. The Labute approximate surface area is 173 Å². The first-order chi connectivity index (χ1) is 13.3. The van der Waals surface area contributed by atoms with Crippen molar-refractivity contribution in [1.29, 1.82) is 0 Å². The largest absolute Gasteiger partial charge is 0.370 e. The van der Waals surface area contributed by atoms with Crippen LogP contribution in [0.5, 0.6) is 0 Å². The number of halogens is 1. The first-order valence-corrected chi connectivity index (χ1v) is 10.8. The van der Waals surface area contributed by atoms with E-state index in [2.05, 4.69) is 23.6 Å². The van der Waals surface area contributed by atoms with Crippen LogP contribution in [0.15, 0.2) is 18.2 Å². The van der Waals surface area contributed by atoms with Gasteiger partial charge in [0.1, 0.15) is 0 Å². The molecule has 2 heterocycles. The lowest BCUT2D eigenvalue weighted by Gasteiger charge is -2.30. The molecule has 2 aliphatic heterocycles. The van der Waals surface area contributed by atoms with E-state index in [1.165, 1.54) is 0 Å². The van der Waals surface area contributed by atoms with Crippen molar-refractivity contribution in [2.45, 2.75) is 46.1 Å². The van der Waals surface area contributed by atoms with Gasteiger partial charge in [0.15, 0.2) is 0 Å². The number of benzene rings is 1. The Bertz CT molecular complexity index is 720. The van der Waals surface area contributed by atoms with E-state index < -0.39 is 0 Å². The second kappa shape index (κ2) is 8.83. The number of fused-ring (bicyclic) bond motifs is 1. The molecule has 2 saturated heterocycles. The summed E-state index contributed by atoms with van der Waals surface area (Å²) in [6.45, 7) is 9.59. The van der Waals surface area contributed by atoms with E-state index in [0.29, 0.717) is 22.8 Å². The highest BCUT2D eigenvalue weighted by Crippen LogP contribution is 2.38. The molecule has 1 aromatic rings. The van der Waals surface area contributed by atoms with Gasteiger partial charge in [-0.05, 0) is 48.8 Å². The van der Waals surface area contributed by atoms with Crippen molar-refractivity contribution in [2.24, 2.45) is 23.5 Å². The molecular formula is C22H32ClN3O2. The first kappa shape index (κ1) is 21.1. The summed E-state index contributed by atoms with van der Waals surface area (Å²) in [4.78, 5) is 28.9. The molecule has 2 fully saturated rings. The molecule has 6 heteroatoms. The summed E-state index contributed by atoms with van der Waals surface area (Å²) in [7, 11) is 0. The van der Waals surface area contributed by atoms with Gasteiger partial charge >= 0.3 is 0 Å². The fraction of sp³-hybridized carbons (Fsp3) is 0.636. The van der Waals surface area contributed by atoms with E-state index in [1.807, 2.05) is 25.1 Å². The fourth-order valence-corrected chi connectivity index (χ4v) is 5.01. The minimum atomic E-state index is -0.302. The molecule has 0 radical (unpaired) electrons. The quantitative estimate of drug-likeness (QED) is 0.756. The normalized spacial score (nSPS) is 23.2. The second-order valence-electron chi connectivity index (χ2n) is 8.43. The number of primary amides is 1. The average molecular weight is 406 g/mol. The zero-order valence-corrected chi connectivity index (χ0v) is 17.9. The molecule has 0 aromatic heterocycles. The topological polar surface area (TPSA) is 66.6 Å². The Kier molecular flexibility index (Phi) is 6.66. The van der Waals surface area contributed by atoms with Crippen LogP contribution in [-0.2, 0) is 9.59 Å². The molecule has 1 aromatic carbocycles. The molecule has 3 rings (SSSR count). The number of hydrogen-bond donors (Lipinski definition) is 1. The van der Waals surface area contributed by atoms with Crippen molar-refractivity contribution in [1.82, 2.24) is 9.80 Å². The van der Waals surface area contributed by atoms with Crippen LogP contribution < -0.4 is 5.73 Å². The van der Waals surface area contributed by atoms with Gasteiger partial charge in [0.2, 0.25) is 11.8 Å². The van der Waals surface area contributed by atoms with Gasteiger partial charge in [0.25, 0.3) is 0 Å². The molecule has 0 saturated carbocycles. The fourth-order valence-electron chi connectivity index (χ4n) is 4.82. The molecule has 0 bridgehead atoms. The van der Waals surface area contributed by atoms with Crippen LogP contribution in [0.2, 0.25) is 5.02 Å². The number of rotatable bonds is 7. The molecular weight excluding hydrogens is 374 g/mol. The molecule has 3 atom stereocenters. The van der Waals surface area contributed by atoms with Gasteiger partial charge in [-0.3, -0.25) is 14.5 Å². The van der Waals surface area contributed by atoms with Gasteiger partial charge in [-0.25, -0.2) is 0 Å². The van der Waals surface area contributed by atoms with Gasteiger partial charge in [-0.2, -0.15) is 0 Å². The lowest BCUT2D eigenvalue weighted by atomic mass is 10.00. The Morgan fingerprint density at radius 1 is 1.14 bits per heavy atom. The Hall–Kier alpha value is -1.59. The van der Waals surface area contributed by atoms with Crippen molar-refractivity contribution in [3.05, 3.63) is 34.3 Å². The number of nitrogens with zero attached hydrogens (tertiary/aromatic N) is 2. The molecule has 0 spiro atoms. The maximum atomic E-state index is 12.7. The number of aryl methyl sites for hydroxylation is 1. The third-order valence-corrected chi connectivity index (χ3v) is 6.98. The Balaban J connectivity index is 1.70. The molecule has 5 nitrogen and oxygen atoms in total. The predicted molar refractivity (Wildman–Crippen MR) is 112 cm³/mol. The summed E-state index contributed by atoms with van der Waals surface area (Å²) in [6.07, 6.45) is 2.10. The zero-order valence-electron chi connectivity index (χ0n) is 17.2. The summed E-state index contributed by atoms with van der Waals surface area (Å²) in [5.41, 5.74) is 7.62. The van der Waals surface area contributed by atoms with Crippen LogP contribution in [0.4, 0.5) is 0 Å². The van der Waals surface area contributed by atoms with E-state index in [9.17, 15) is 9.59 Å². The monoisotopic (exact) mass is 405 g/mol. The lowest BCUT2D eigenvalue weighted by Crippen LogP contribution is -2.38. The number of carbonyl (C=O) groups excluding carboxylic acids is 2. The summed E-state index contributed by atoms with van der Waals surface area (Å²) >= 11 is 6.33. The van der Waals surface area contributed by atoms with Crippen molar-refractivity contribution in [3.8, 4) is 0 Å². The smallest absolute Gasteiger partial charge is 0.225 e. The third kappa shape index (κ3) is 4.36. The average Bonchev–Trinajstić information content (AvgIpc) is 3.22. The Morgan fingerprint density at radius 3 is 2.25 bits per heavy atom. The highest BCUT2D eigenvalue weighted by Gasteiger charge is 2.44. The maximum Gasteiger partial charge on any atom is 0.225 e. The van der Waals surface area contributed by atoms with Gasteiger partial charge < -0.3 is 10.6 Å². The number of hydrogen-bond acceptors (Lipinski definition) is 3. The third-order valence-electron chi connectivity index (χ3n) is 6.58. The predicted octanol–water partition coefficient (Wildman–Crippen LogP) is 3.39. The van der Waals surface area contributed by atoms with Crippen molar-refractivity contribution < 1.29 is 9.59 Å². The SMILES string of the molecule is CCC(CC)C(=O)N1CC2CN(C(CC(N)=O)c3ccc(C)c(Cl)c3)CC2C1. The zero-order chi connectivity index (χ0) is 20.4. The van der Waals surface area contributed by atoms with E-state index in [1.54, 1.807) is 0 Å². The standard InChI is InChI=1S/C22H32ClN3O2/c1-4-15(5-2)22(28)26-12-17-10-25(11-18(17)13-26)20(9-21(24)27)16-7-6-14(3)19(23)8-16/h6-8,15,17-18,20H,4-5,9-13H2,1-3H3,(H2,24,27). The second-order valence-corrected chi connectivity index (χ2v) is 8.83. The van der Waals surface area contributed by atoms with E-state index in [4.69, 9.17) is 17.3 Å². The van der Waals surface area contributed by atoms with Crippen molar-refractivity contribution >= 4 is 23.4 Å². The van der Waals surface area contributed by atoms with Crippen LogP contribution in [0.25, 0.3) is 0 Å². The minimum Gasteiger partial charge on any atom is -0.370 e. The number of carbonyl (C=O) groups is 2. The number of likely N-dealkylation sites (tertiary alicyclic amines) is 2. The molecule has 28 heavy (non-hydrogen) atoms. The maximum absolute atomic E-state index is 12.7. The van der Waals surface area contributed by atoms with Crippen LogP contribution in [0, 0.1) is 24.7 Å². The van der Waals surface area contributed by atoms with Gasteiger partial charge in [-0.1, -0.05) is 37.6 Å². The molecule has 2 N–H and O–H groups in total. The Morgan fingerprint density at radius 2 is 1.75 bits per heavy atom. The van der Waals surface area contributed by atoms with Gasteiger partial charge in [0.05, 0.1) is 0 Å². The van der Waals surface area contributed by atoms with E-state index in [0.717, 1.165) is 50.1 Å². The molecule has 3 unspecified atom stereocenters. The van der Waals surface area contributed by atoms with Crippen LogP contribution in [0.1, 0.15) is 50.3 Å². The highest BCUT2D eigenvalue weighted by molar-refractivity contribution is 6.31. The van der Waals surface area contributed by atoms with E-state index >= 15 is 0 Å².